The maximum atomic E-state index is 7.23. The Morgan fingerprint density at radius 2 is 2.50 bits per heavy atom. The third-order valence-electron chi connectivity index (χ3n) is 1.37. The lowest BCUT2D eigenvalue weighted by Crippen LogP contribution is -2.38. The van der Waals surface area contributed by atoms with Crippen LogP contribution in [0.2, 0.25) is 0 Å². The van der Waals surface area contributed by atoms with Crippen LogP contribution in [0.5, 0.6) is 0 Å². The highest BCUT2D eigenvalue weighted by molar-refractivity contribution is 4.69. The number of hydrogen-bond acceptors (Lipinski definition) is 2. The fourth-order valence-electron chi connectivity index (χ4n) is 0.727. The van der Waals surface area contributed by atoms with Gasteiger partial charge in [-0.3, -0.25) is 0 Å². The second kappa shape index (κ2) is 2.44. The van der Waals surface area contributed by atoms with Gasteiger partial charge in [-0.1, -0.05) is 0 Å². The van der Waals surface area contributed by atoms with Crippen molar-refractivity contribution in [3.8, 4) is 0 Å². The Bertz CT molecular complexity index is 66.8. The average molecular weight is 115 g/mol. The smallest absolute Gasteiger partial charge is 0.0605 e. The van der Waals surface area contributed by atoms with Crippen LogP contribution in [-0.2, 0) is 4.74 Å². The summed E-state index contributed by atoms with van der Waals surface area (Å²) in [6, 6.07) is 0.281. The van der Waals surface area contributed by atoms with Crippen molar-refractivity contribution >= 4 is 0 Å². The lowest BCUT2D eigenvalue weighted by Gasteiger charge is -2.37. The van der Waals surface area contributed by atoms with Gasteiger partial charge in [-0.2, -0.15) is 0 Å². The van der Waals surface area contributed by atoms with Crippen LogP contribution in [-0.4, -0.2) is 30.8 Å². The molecule has 0 amide bonds. The molecule has 0 radical (unpaired) electrons. The molecule has 1 fully saturated rings. The molecule has 0 aromatic rings. The fourth-order valence-corrected chi connectivity index (χ4v) is 0.727. The van der Waals surface area contributed by atoms with E-state index in [1.807, 2.05) is 6.92 Å². The highest BCUT2D eigenvalue weighted by Gasteiger charge is 2.08. The van der Waals surface area contributed by atoms with Crippen LogP contribution in [0.25, 0.3) is 5.84 Å². The van der Waals surface area contributed by atoms with Crippen molar-refractivity contribution in [2.45, 2.75) is 13.0 Å². The van der Waals surface area contributed by atoms with Gasteiger partial charge < -0.3 is 15.6 Å². The molecule has 1 saturated heterocycles. The van der Waals surface area contributed by atoms with Crippen LogP contribution in [0, 0.1) is 0 Å². The maximum Gasteiger partial charge on any atom is 0.0605 e. The van der Waals surface area contributed by atoms with Gasteiger partial charge in [0.2, 0.25) is 0 Å². The quantitative estimate of drug-likeness (QED) is 0.465. The molecule has 48 valence electrons. The van der Waals surface area contributed by atoms with Gasteiger partial charge in [-0.25, -0.2) is 0 Å². The number of ether oxygens (including phenoxy) is 1. The number of rotatable bonds is 0. The van der Waals surface area contributed by atoms with Crippen molar-refractivity contribution in [1.82, 2.24) is 5.01 Å². The van der Waals surface area contributed by atoms with Crippen LogP contribution >= 0.6 is 0 Å². The molecule has 0 aromatic heterocycles. The molecule has 0 spiro atoms. The SMILES string of the molecule is CC1COCCN1[NH-]. The molecular formula is C5H11N2O-. The normalized spacial score (nSPS) is 33.0. The first-order valence-electron chi connectivity index (χ1n) is 2.86. The van der Waals surface area contributed by atoms with Crippen LogP contribution in [0.4, 0.5) is 0 Å². The summed E-state index contributed by atoms with van der Waals surface area (Å²) in [4.78, 5) is 0. The molecule has 1 aliphatic heterocycles. The zero-order valence-electron chi connectivity index (χ0n) is 5.05. The Kier molecular flexibility index (Phi) is 1.83. The van der Waals surface area contributed by atoms with Gasteiger partial charge in [0.05, 0.1) is 13.2 Å². The summed E-state index contributed by atoms with van der Waals surface area (Å²) in [6.07, 6.45) is 0. The van der Waals surface area contributed by atoms with Crippen LogP contribution in [0.1, 0.15) is 6.92 Å². The highest BCUT2D eigenvalue weighted by Crippen LogP contribution is 2.03. The summed E-state index contributed by atoms with van der Waals surface area (Å²) >= 11 is 0. The lowest BCUT2D eigenvalue weighted by molar-refractivity contribution is 0.0233. The van der Waals surface area contributed by atoms with E-state index in [2.05, 4.69) is 0 Å². The molecule has 1 atom stereocenters. The Morgan fingerprint density at radius 3 is 2.88 bits per heavy atom. The van der Waals surface area contributed by atoms with Gasteiger partial charge in [0.25, 0.3) is 0 Å². The summed E-state index contributed by atoms with van der Waals surface area (Å²) in [5.74, 6) is 7.23. The summed E-state index contributed by atoms with van der Waals surface area (Å²) in [5, 5.41) is 1.56. The first kappa shape index (κ1) is 6.01. The topological polar surface area (TPSA) is 36.3 Å². The summed E-state index contributed by atoms with van der Waals surface area (Å²) in [7, 11) is 0. The zero-order chi connectivity index (χ0) is 5.98. The Balaban J connectivity index is 2.28. The second-order valence-corrected chi connectivity index (χ2v) is 2.12. The van der Waals surface area contributed by atoms with Crippen molar-refractivity contribution in [3.05, 3.63) is 5.84 Å². The largest absolute Gasteiger partial charge is 0.609 e. The van der Waals surface area contributed by atoms with E-state index in [9.17, 15) is 0 Å². The number of morpholine rings is 1. The lowest BCUT2D eigenvalue weighted by atomic mass is 10.3. The minimum absolute atomic E-state index is 0.281. The Morgan fingerprint density at radius 1 is 1.75 bits per heavy atom. The molecule has 0 bridgehead atoms. The van der Waals surface area contributed by atoms with Crippen molar-refractivity contribution in [3.63, 3.8) is 0 Å². The third-order valence-corrected chi connectivity index (χ3v) is 1.37. The van der Waals surface area contributed by atoms with Crippen LogP contribution < -0.4 is 0 Å². The standard InChI is InChI=1S/C5H11N2O/c1-5-4-8-3-2-7(5)6/h5-6H,2-4H2,1H3/q-1. The Labute approximate surface area is 49.4 Å². The van der Waals surface area contributed by atoms with E-state index in [-0.39, 0.29) is 6.04 Å². The minimum atomic E-state index is 0.281. The molecule has 1 N–H and O–H groups in total. The Hall–Kier alpha value is -0.120. The molecule has 8 heavy (non-hydrogen) atoms. The van der Waals surface area contributed by atoms with E-state index < -0.39 is 0 Å². The second-order valence-electron chi connectivity index (χ2n) is 2.12. The molecule has 1 heterocycles. The van der Waals surface area contributed by atoms with Crippen molar-refractivity contribution in [2.24, 2.45) is 0 Å². The predicted octanol–water partition coefficient (Wildman–Crippen LogP) is 0.674. The van der Waals surface area contributed by atoms with Gasteiger partial charge in [0, 0.05) is 12.6 Å². The summed E-state index contributed by atoms with van der Waals surface area (Å²) in [6.45, 7) is 4.17. The van der Waals surface area contributed by atoms with Crippen molar-refractivity contribution in [1.29, 1.82) is 0 Å². The minimum Gasteiger partial charge on any atom is -0.609 e. The van der Waals surface area contributed by atoms with E-state index in [0.29, 0.717) is 13.2 Å². The maximum absolute atomic E-state index is 7.23. The van der Waals surface area contributed by atoms with E-state index in [1.165, 1.54) is 0 Å². The molecule has 3 heteroatoms. The van der Waals surface area contributed by atoms with Crippen molar-refractivity contribution in [2.75, 3.05) is 19.8 Å². The predicted molar refractivity (Wildman–Crippen MR) is 31.3 cm³/mol. The average Bonchev–Trinajstić information content (AvgIpc) is 1.77. The summed E-state index contributed by atoms with van der Waals surface area (Å²) < 4.78 is 5.09. The molecule has 0 saturated carbocycles. The third kappa shape index (κ3) is 1.18. The summed E-state index contributed by atoms with van der Waals surface area (Å²) in [5.41, 5.74) is 0. The number of hydrogen-bond donors (Lipinski definition) is 0. The molecule has 1 rings (SSSR count). The zero-order valence-corrected chi connectivity index (χ0v) is 5.05. The molecule has 3 nitrogen and oxygen atoms in total. The molecule has 0 aromatic carbocycles. The van der Waals surface area contributed by atoms with E-state index in [4.69, 9.17) is 10.6 Å². The van der Waals surface area contributed by atoms with Crippen LogP contribution in [0.3, 0.4) is 0 Å². The van der Waals surface area contributed by atoms with Gasteiger partial charge in [-0.15, -0.1) is 0 Å². The van der Waals surface area contributed by atoms with E-state index >= 15 is 0 Å². The number of nitrogens with zero attached hydrogens (tertiary/aromatic N) is 1. The molecular weight excluding hydrogens is 104 g/mol. The van der Waals surface area contributed by atoms with E-state index in [1.54, 1.807) is 5.01 Å². The first-order valence-corrected chi connectivity index (χ1v) is 2.86. The molecule has 0 aliphatic carbocycles. The first-order chi connectivity index (χ1) is 3.80. The van der Waals surface area contributed by atoms with E-state index in [0.717, 1.165) is 6.54 Å². The molecule has 1 aliphatic rings. The van der Waals surface area contributed by atoms with Gasteiger partial charge in [0.1, 0.15) is 0 Å². The van der Waals surface area contributed by atoms with Crippen LogP contribution in [0.15, 0.2) is 0 Å². The van der Waals surface area contributed by atoms with Gasteiger partial charge in [0.15, 0.2) is 0 Å². The number of nitrogens with one attached hydrogen (secondary N) is 1. The van der Waals surface area contributed by atoms with Crippen molar-refractivity contribution < 1.29 is 4.74 Å². The fraction of sp³-hybridized carbons (Fsp3) is 1.00. The van der Waals surface area contributed by atoms with Gasteiger partial charge in [-0.05, 0) is 6.92 Å². The van der Waals surface area contributed by atoms with Gasteiger partial charge >= 0.3 is 0 Å². The monoisotopic (exact) mass is 115 g/mol. The highest BCUT2D eigenvalue weighted by atomic mass is 16.5. The molecule has 1 unspecified atom stereocenters.